The van der Waals surface area contributed by atoms with E-state index < -0.39 is 0 Å². The predicted molar refractivity (Wildman–Crippen MR) is 76.5 cm³/mol. The SMILES string of the molecule is C1=Nc2ccccc2Nc2nc3ccccc3nc21. The number of aliphatic imine (C=N–C) groups is 1. The van der Waals surface area contributed by atoms with Crippen molar-refractivity contribution in [1.82, 2.24) is 9.97 Å². The Hall–Kier alpha value is -2.75. The van der Waals surface area contributed by atoms with E-state index in [4.69, 9.17) is 0 Å². The Bertz CT molecular complexity index is 808. The van der Waals surface area contributed by atoms with Crippen molar-refractivity contribution in [2.45, 2.75) is 0 Å². The Kier molecular flexibility index (Phi) is 2.08. The number of rotatable bonds is 0. The minimum atomic E-state index is 0.743. The summed E-state index contributed by atoms with van der Waals surface area (Å²) >= 11 is 0. The number of hydrogen-bond donors (Lipinski definition) is 1. The standard InChI is InChI=1S/C15H10N4/c1-2-6-11-10(5-1)16-9-14-15(18-11)19-13-8-4-3-7-12(13)17-14/h1-9H,(H,18,19). The van der Waals surface area contributed by atoms with Gasteiger partial charge in [-0.1, -0.05) is 24.3 Å². The van der Waals surface area contributed by atoms with Crippen LogP contribution >= 0.6 is 0 Å². The summed E-state index contributed by atoms with van der Waals surface area (Å²) in [5, 5.41) is 3.30. The summed E-state index contributed by atoms with van der Waals surface area (Å²) in [4.78, 5) is 13.6. The third-order valence-electron chi connectivity index (χ3n) is 3.08. The zero-order valence-corrected chi connectivity index (χ0v) is 10.0. The summed E-state index contributed by atoms with van der Waals surface area (Å²) < 4.78 is 0. The monoisotopic (exact) mass is 246 g/mol. The molecule has 0 unspecified atom stereocenters. The van der Waals surface area contributed by atoms with Gasteiger partial charge in [0.25, 0.3) is 0 Å². The number of aromatic nitrogens is 2. The van der Waals surface area contributed by atoms with Crippen LogP contribution in [0.2, 0.25) is 0 Å². The highest BCUT2D eigenvalue weighted by Crippen LogP contribution is 2.31. The number of benzene rings is 2. The fraction of sp³-hybridized carbons (Fsp3) is 0. The number of anilines is 2. The van der Waals surface area contributed by atoms with E-state index in [1.807, 2.05) is 48.5 Å². The van der Waals surface area contributed by atoms with Gasteiger partial charge in [0.15, 0.2) is 5.82 Å². The Morgan fingerprint density at radius 1 is 0.789 bits per heavy atom. The van der Waals surface area contributed by atoms with Crippen LogP contribution in [0.4, 0.5) is 17.2 Å². The minimum Gasteiger partial charge on any atom is -0.337 e. The summed E-state index contributed by atoms with van der Waals surface area (Å²) in [6.07, 6.45) is 1.76. The molecule has 2 aromatic carbocycles. The second-order valence-corrected chi connectivity index (χ2v) is 4.35. The summed E-state index contributed by atoms with van der Waals surface area (Å²) in [5.41, 5.74) is 4.35. The molecule has 1 aromatic heterocycles. The van der Waals surface area contributed by atoms with Gasteiger partial charge in [0.1, 0.15) is 5.69 Å². The van der Waals surface area contributed by atoms with Crippen molar-refractivity contribution in [3.05, 3.63) is 54.2 Å². The molecule has 19 heavy (non-hydrogen) atoms. The van der Waals surface area contributed by atoms with Gasteiger partial charge < -0.3 is 5.32 Å². The molecule has 0 atom stereocenters. The van der Waals surface area contributed by atoms with Crippen LogP contribution in [-0.4, -0.2) is 16.2 Å². The summed E-state index contributed by atoms with van der Waals surface area (Å²) in [5.74, 6) is 0.743. The lowest BCUT2D eigenvalue weighted by molar-refractivity contribution is 1.27. The average Bonchev–Trinajstić information content (AvgIpc) is 2.63. The van der Waals surface area contributed by atoms with Gasteiger partial charge in [-0.25, -0.2) is 9.97 Å². The van der Waals surface area contributed by atoms with E-state index in [1.54, 1.807) is 6.21 Å². The highest BCUT2D eigenvalue weighted by Gasteiger charge is 2.12. The molecule has 2 heterocycles. The highest BCUT2D eigenvalue weighted by molar-refractivity contribution is 5.94. The second-order valence-electron chi connectivity index (χ2n) is 4.35. The molecule has 0 radical (unpaired) electrons. The van der Waals surface area contributed by atoms with Gasteiger partial charge in [-0.3, -0.25) is 4.99 Å². The maximum absolute atomic E-state index is 4.61. The van der Waals surface area contributed by atoms with E-state index >= 15 is 0 Å². The molecule has 4 rings (SSSR count). The summed E-state index contributed by atoms with van der Waals surface area (Å²) in [7, 11) is 0. The number of nitrogens with zero attached hydrogens (tertiary/aromatic N) is 3. The fourth-order valence-corrected chi connectivity index (χ4v) is 2.15. The Morgan fingerprint density at radius 3 is 2.42 bits per heavy atom. The van der Waals surface area contributed by atoms with Gasteiger partial charge in [-0.2, -0.15) is 0 Å². The zero-order valence-electron chi connectivity index (χ0n) is 10.0. The van der Waals surface area contributed by atoms with E-state index in [-0.39, 0.29) is 0 Å². The van der Waals surface area contributed by atoms with Gasteiger partial charge in [0.2, 0.25) is 0 Å². The maximum Gasteiger partial charge on any atom is 0.158 e. The van der Waals surface area contributed by atoms with Crippen LogP contribution in [0.1, 0.15) is 5.69 Å². The van der Waals surface area contributed by atoms with Crippen molar-refractivity contribution in [3.8, 4) is 0 Å². The minimum absolute atomic E-state index is 0.743. The van der Waals surface area contributed by atoms with Crippen molar-refractivity contribution in [3.63, 3.8) is 0 Å². The Morgan fingerprint density at radius 2 is 1.53 bits per heavy atom. The second kappa shape index (κ2) is 3.88. The lowest BCUT2D eigenvalue weighted by atomic mass is 10.2. The van der Waals surface area contributed by atoms with E-state index in [0.29, 0.717) is 0 Å². The molecule has 0 bridgehead atoms. The van der Waals surface area contributed by atoms with E-state index in [9.17, 15) is 0 Å². The van der Waals surface area contributed by atoms with E-state index in [2.05, 4.69) is 20.3 Å². The molecule has 1 aliphatic heterocycles. The van der Waals surface area contributed by atoms with Crippen LogP contribution in [0.5, 0.6) is 0 Å². The predicted octanol–water partition coefficient (Wildman–Crippen LogP) is 3.44. The molecule has 0 aliphatic carbocycles. The zero-order chi connectivity index (χ0) is 12.7. The van der Waals surface area contributed by atoms with Crippen molar-refractivity contribution >= 4 is 34.4 Å². The normalized spacial score (nSPS) is 12.4. The first kappa shape index (κ1) is 10.2. The quantitative estimate of drug-likeness (QED) is 0.517. The van der Waals surface area contributed by atoms with Crippen LogP contribution in [-0.2, 0) is 0 Å². The number of fused-ring (bicyclic) bond motifs is 3. The van der Waals surface area contributed by atoms with Gasteiger partial charge in [0.05, 0.1) is 28.6 Å². The fourth-order valence-electron chi connectivity index (χ4n) is 2.15. The largest absolute Gasteiger partial charge is 0.337 e. The third kappa shape index (κ3) is 1.65. The van der Waals surface area contributed by atoms with Crippen molar-refractivity contribution in [2.75, 3.05) is 5.32 Å². The first-order chi connectivity index (χ1) is 9.40. The molecular weight excluding hydrogens is 236 g/mol. The molecule has 4 nitrogen and oxygen atoms in total. The molecule has 0 spiro atoms. The van der Waals surface area contributed by atoms with Crippen molar-refractivity contribution in [1.29, 1.82) is 0 Å². The van der Waals surface area contributed by atoms with Crippen LogP contribution in [0, 0.1) is 0 Å². The average molecular weight is 246 g/mol. The molecule has 0 amide bonds. The molecular formula is C15H10N4. The molecule has 90 valence electrons. The first-order valence-corrected chi connectivity index (χ1v) is 6.07. The highest BCUT2D eigenvalue weighted by atomic mass is 15.1. The van der Waals surface area contributed by atoms with Gasteiger partial charge in [0, 0.05) is 0 Å². The van der Waals surface area contributed by atoms with Gasteiger partial charge in [-0.05, 0) is 24.3 Å². The molecule has 0 saturated carbocycles. The number of nitrogens with one attached hydrogen (secondary N) is 1. The molecule has 3 aromatic rings. The first-order valence-electron chi connectivity index (χ1n) is 6.07. The van der Waals surface area contributed by atoms with Crippen LogP contribution in [0.15, 0.2) is 53.5 Å². The molecule has 0 saturated heterocycles. The maximum atomic E-state index is 4.61. The van der Waals surface area contributed by atoms with Crippen molar-refractivity contribution in [2.24, 2.45) is 4.99 Å². The van der Waals surface area contributed by atoms with Crippen LogP contribution in [0.25, 0.3) is 11.0 Å². The molecule has 1 N–H and O–H groups in total. The third-order valence-corrected chi connectivity index (χ3v) is 3.08. The molecule has 4 heteroatoms. The van der Waals surface area contributed by atoms with Crippen molar-refractivity contribution < 1.29 is 0 Å². The van der Waals surface area contributed by atoms with Crippen LogP contribution < -0.4 is 5.32 Å². The molecule has 1 aliphatic rings. The summed E-state index contributed by atoms with van der Waals surface area (Å²) in [6.45, 7) is 0. The smallest absolute Gasteiger partial charge is 0.158 e. The molecule has 0 fully saturated rings. The van der Waals surface area contributed by atoms with Gasteiger partial charge >= 0.3 is 0 Å². The topological polar surface area (TPSA) is 50.2 Å². The lowest BCUT2D eigenvalue weighted by Gasteiger charge is -2.08. The lowest BCUT2D eigenvalue weighted by Crippen LogP contribution is -2.00. The Labute approximate surface area is 109 Å². The van der Waals surface area contributed by atoms with E-state index in [0.717, 1.165) is 33.9 Å². The van der Waals surface area contributed by atoms with E-state index in [1.165, 1.54) is 0 Å². The van der Waals surface area contributed by atoms with Crippen LogP contribution in [0.3, 0.4) is 0 Å². The Balaban J connectivity index is 1.96. The van der Waals surface area contributed by atoms with Gasteiger partial charge in [-0.15, -0.1) is 0 Å². The summed E-state index contributed by atoms with van der Waals surface area (Å²) in [6, 6.07) is 15.7. The number of hydrogen-bond acceptors (Lipinski definition) is 4. The number of para-hydroxylation sites is 4.